The molecule has 2 saturated heterocycles. The second kappa shape index (κ2) is 8.46. The number of hydroxylamine groups is 3. The molecule has 2 aliphatic heterocycles. The summed E-state index contributed by atoms with van der Waals surface area (Å²) in [5.41, 5.74) is 1.56. The fourth-order valence-electron chi connectivity index (χ4n) is 2.81. The highest BCUT2D eigenvalue weighted by Gasteiger charge is 2.49. The molecule has 14 heteroatoms. The summed E-state index contributed by atoms with van der Waals surface area (Å²) in [6, 6.07) is -2.30. The molecule has 2 rings (SSSR count). The molecular weight excluding hydrogens is 400 g/mol. The van der Waals surface area contributed by atoms with Crippen LogP contribution in [0.25, 0.3) is 0 Å². The first-order valence-corrected chi connectivity index (χ1v) is 9.89. The molecule has 0 radical (unpaired) electrons. The zero-order valence-corrected chi connectivity index (χ0v) is 16.5. The van der Waals surface area contributed by atoms with Gasteiger partial charge >= 0.3 is 22.5 Å². The lowest BCUT2D eigenvalue weighted by molar-refractivity contribution is -0.138. The average molecular weight is 424 g/mol. The lowest BCUT2D eigenvalue weighted by atomic mass is 10.0. The maximum absolute atomic E-state index is 12.2. The van der Waals surface area contributed by atoms with Crippen molar-refractivity contribution in [2.24, 2.45) is 0 Å². The number of piperidine rings is 1. The van der Waals surface area contributed by atoms with Crippen LogP contribution in [0.4, 0.5) is 9.59 Å². The molecule has 2 bridgehead atoms. The lowest BCUT2D eigenvalue weighted by Crippen LogP contribution is -2.50. The van der Waals surface area contributed by atoms with Crippen LogP contribution in [0.15, 0.2) is 0 Å². The van der Waals surface area contributed by atoms with E-state index in [1.807, 2.05) is 0 Å². The Balaban J connectivity index is 1.75. The van der Waals surface area contributed by atoms with E-state index >= 15 is 0 Å². The Bertz CT molecular complexity index is 721. The molecule has 2 atom stereocenters. The highest BCUT2D eigenvalue weighted by Crippen LogP contribution is 2.30. The van der Waals surface area contributed by atoms with E-state index in [1.54, 1.807) is 20.8 Å². The zero-order valence-electron chi connectivity index (χ0n) is 15.7. The SMILES string of the molecule is CC(C)(C)OC(=O)NCCONC(=O)C1CC[C@@H]2CN1C(=O)N2OS(=O)(=O)O. The van der Waals surface area contributed by atoms with E-state index in [-0.39, 0.29) is 26.1 Å². The van der Waals surface area contributed by atoms with Crippen molar-refractivity contribution in [3.8, 4) is 0 Å². The van der Waals surface area contributed by atoms with Crippen LogP contribution in [0, 0.1) is 0 Å². The van der Waals surface area contributed by atoms with Gasteiger partial charge in [-0.25, -0.2) is 15.1 Å². The first-order chi connectivity index (χ1) is 12.9. The topological polar surface area (TPSA) is 164 Å². The monoisotopic (exact) mass is 424 g/mol. The van der Waals surface area contributed by atoms with Crippen molar-refractivity contribution in [1.29, 1.82) is 0 Å². The largest absolute Gasteiger partial charge is 0.444 e. The molecule has 3 N–H and O–H groups in total. The smallest absolute Gasteiger partial charge is 0.418 e. The number of nitrogens with zero attached hydrogens (tertiary/aromatic N) is 2. The second-order valence-electron chi connectivity index (χ2n) is 7.25. The Kier molecular flexibility index (Phi) is 6.69. The summed E-state index contributed by atoms with van der Waals surface area (Å²) in [6.07, 6.45) is -0.0642. The van der Waals surface area contributed by atoms with E-state index in [4.69, 9.17) is 14.1 Å². The molecule has 0 spiro atoms. The van der Waals surface area contributed by atoms with E-state index in [1.165, 1.54) is 0 Å². The number of nitrogens with one attached hydrogen (secondary N) is 2. The van der Waals surface area contributed by atoms with Crippen molar-refractivity contribution < 1.29 is 41.2 Å². The molecular formula is C14H24N4O9S. The van der Waals surface area contributed by atoms with Crippen molar-refractivity contribution in [1.82, 2.24) is 20.8 Å². The summed E-state index contributed by atoms with van der Waals surface area (Å²) in [4.78, 5) is 42.0. The highest BCUT2D eigenvalue weighted by atomic mass is 32.3. The molecule has 0 aromatic heterocycles. The van der Waals surface area contributed by atoms with Crippen molar-refractivity contribution in [3.63, 3.8) is 0 Å². The summed E-state index contributed by atoms with van der Waals surface area (Å²) in [5.74, 6) is -0.599. The van der Waals surface area contributed by atoms with Crippen molar-refractivity contribution in [3.05, 3.63) is 0 Å². The minimum absolute atomic E-state index is 0.0354. The van der Waals surface area contributed by atoms with Gasteiger partial charge < -0.3 is 15.0 Å². The van der Waals surface area contributed by atoms with Gasteiger partial charge in [0.05, 0.1) is 12.6 Å². The maximum Gasteiger partial charge on any atom is 0.418 e. The Hall–Kier alpha value is -2.16. The molecule has 0 aromatic rings. The molecule has 160 valence electrons. The first-order valence-electron chi connectivity index (χ1n) is 8.53. The van der Waals surface area contributed by atoms with Crippen LogP contribution >= 0.6 is 0 Å². The predicted octanol–water partition coefficient (Wildman–Crippen LogP) is -0.438. The van der Waals surface area contributed by atoms with Gasteiger partial charge in [-0.15, -0.1) is 4.28 Å². The lowest BCUT2D eigenvalue weighted by Gasteiger charge is -2.28. The Morgan fingerprint density at radius 3 is 2.57 bits per heavy atom. The van der Waals surface area contributed by atoms with E-state index in [0.717, 1.165) is 4.90 Å². The number of urea groups is 1. The number of alkyl carbamates (subject to hydrolysis) is 1. The Labute approximate surface area is 162 Å². The number of rotatable bonds is 7. The quantitative estimate of drug-likeness (QED) is 0.279. The van der Waals surface area contributed by atoms with E-state index in [2.05, 4.69) is 15.1 Å². The molecule has 2 heterocycles. The van der Waals surface area contributed by atoms with Gasteiger partial charge in [-0.05, 0) is 33.6 Å². The summed E-state index contributed by atoms with van der Waals surface area (Å²) in [6.45, 7) is 5.29. The summed E-state index contributed by atoms with van der Waals surface area (Å²) >= 11 is 0. The number of ether oxygens (including phenoxy) is 1. The van der Waals surface area contributed by atoms with Crippen LogP contribution in [0.5, 0.6) is 0 Å². The second-order valence-corrected chi connectivity index (χ2v) is 8.26. The number of fused-ring (bicyclic) bond motifs is 2. The predicted molar refractivity (Wildman–Crippen MR) is 91.7 cm³/mol. The number of amides is 4. The highest BCUT2D eigenvalue weighted by molar-refractivity contribution is 7.80. The average Bonchev–Trinajstić information content (AvgIpc) is 2.76. The molecule has 0 saturated carbocycles. The third-order valence-corrected chi connectivity index (χ3v) is 4.19. The fourth-order valence-corrected chi connectivity index (χ4v) is 3.20. The molecule has 13 nitrogen and oxygen atoms in total. The minimum atomic E-state index is -4.85. The summed E-state index contributed by atoms with van der Waals surface area (Å²) in [5, 5.41) is 3.00. The van der Waals surface area contributed by atoms with Crippen LogP contribution in [-0.2, 0) is 29.1 Å². The molecule has 0 aromatic carbocycles. The zero-order chi connectivity index (χ0) is 21.1. The van der Waals surface area contributed by atoms with Gasteiger partial charge in [0, 0.05) is 13.1 Å². The maximum atomic E-state index is 12.2. The van der Waals surface area contributed by atoms with Gasteiger partial charge in [0.25, 0.3) is 5.91 Å². The van der Waals surface area contributed by atoms with Gasteiger partial charge in [-0.3, -0.25) is 14.2 Å². The molecule has 28 heavy (non-hydrogen) atoms. The van der Waals surface area contributed by atoms with Crippen molar-refractivity contribution in [2.75, 3.05) is 19.7 Å². The third kappa shape index (κ3) is 6.19. The Morgan fingerprint density at radius 1 is 1.29 bits per heavy atom. The van der Waals surface area contributed by atoms with E-state index < -0.39 is 46.1 Å². The van der Waals surface area contributed by atoms with Gasteiger partial charge in [0.15, 0.2) is 0 Å². The van der Waals surface area contributed by atoms with Gasteiger partial charge in [0.1, 0.15) is 11.6 Å². The fraction of sp³-hybridized carbons (Fsp3) is 0.786. The van der Waals surface area contributed by atoms with E-state index in [0.29, 0.717) is 11.5 Å². The standard InChI is InChI=1S/C14H24N4O9S/c1-14(2,3)26-12(20)15-6-7-25-16-11(19)10-5-4-9-8-17(10)13(21)18(9)27-28(22,23)24/h9-10H,4-8H2,1-3H3,(H,15,20)(H,16,19)(H,22,23,24)/t9-,10?/m1/s1. The normalized spacial score (nSPS) is 22.2. The van der Waals surface area contributed by atoms with Crippen LogP contribution in [-0.4, -0.2) is 78.3 Å². The minimum Gasteiger partial charge on any atom is -0.444 e. The summed E-state index contributed by atoms with van der Waals surface area (Å²) in [7, 11) is -4.85. The molecule has 2 aliphatic rings. The van der Waals surface area contributed by atoms with Gasteiger partial charge in [0.2, 0.25) is 0 Å². The molecule has 4 amide bonds. The summed E-state index contributed by atoms with van der Waals surface area (Å²) < 4.78 is 39.8. The number of carbonyl (C=O) groups excluding carboxylic acids is 3. The Morgan fingerprint density at radius 2 is 1.96 bits per heavy atom. The van der Waals surface area contributed by atoms with Crippen molar-refractivity contribution in [2.45, 2.75) is 51.3 Å². The van der Waals surface area contributed by atoms with Crippen LogP contribution in [0.1, 0.15) is 33.6 Å². The molecule has 2 fully saturated rings. The van der Waals surface area contributed by atoms with E-state index in [9.17, 15) is 22.8 Å². The van der Waals surface area contributed by atoms with Gasteiger partial charge in [-0.2, -0.15) is 13.5 Å². The number of hydrogen-bond acceptors (Lipinski definition) is 8. The number of hydrogen-bond donors (Lipinski definition) is 3. The van der Waals surface area contributed by atoms with Crippen LogP contribution in [0.3, 0.4) is 0 Å². The molecule has 0 aliphatic carbocycles. The van der Waals surface area contributed by atoms with Crippen LogP contribution in [0.2, 0.25) is 0 Å². The van der Waals surface area contributed by atoms with Gasteiger partial charge in [-0.1, -0.05) is 0 Å². The van der Waals surface area contributed by atoms with Crippen molar-refractivity contribution >= 4 is 28.4 Å². The van der Waals surface area contributed by atoms with Crippen LogP contribution < -0.4 is 10.8 Å². The molecule has 1 unspecified atom stereocenters. The first kappa shape index (κ1) is 22.1. The third-order valence-electron chi connectivity index (χ3n) is 3.85. The number of carbonyl (C=O) groups is 3.